The van der Waals surface area contributed by atoms with Gasteiger partial charge in [0.15, 0.2) is 0 Å². The molecule has 2 rings (SSSR count). The number of ether oxygens (including phenoxy) is 1. The molecule has 5 nitrogen and oxygen atoms in total. The predicted molar refractivity (Wildman–Crippen MR) is 67.3 cm³/mol. The van der Waals surface area contributed by atoms with Crippen molar-refractivity contribution in [3.63, 3.8) is 0 Å². The maximum Gasteiger partial charge on any atom is 0.405 e. The van der Waals surface area contributed by atoms with E-state index in [2.05, 4.69) is 0 Å². The minimum Gasteiger partial charge on any atom is -0.469 e. The van der Waals surface area contributed by atoms with Gasteiger partial charge >= 0.3 is 12.1 Å². The first-order valence-corrected chi connectivity index (χ1v) is 6.91. The summed E-state index contributed by atoms with van der Waals surface area (Å²) in [5.74, 6) is -0.823. The lowest BCUT2D eigenvalue weighted by Crippen LogP contribution is -2.42. The van der Waals surface area contributed by atoms with Crippen LogP contribution in [0, 0.1) is 11.3 Å². The van der Waals surface area contributed by atoms with Gasteiger partial charge in [0.05, 0.1) is 19.1 Å². The fourth-order valence-corrected chi connectivity index (χ4v) is 3.51. The van der Waals surface area contributed by atoms with E-state index in [4.69, 9.17) is 4.74 Å². The van der Waals surface area contributed by atoms with Crippen molar-refractivity contribution in [2.75, 3.05) is 33.3 Å². The predicted octanol–water partition coefficient (Wildman–Crippen LogP) is 0.940. The standard InChI is InChI=1S/C13H19F3N2O3/c1-21-11(20)12-4-2-3-9(12)5-18(8-12)6-10(19)17-7-13(14,15)16/h9H,2-8H2,1H3,(H,17,19)/t9-,12+/m1/s1. The molecule has 1 saturated carbocycles. The summed E-state index contributed by atoms with van der Waals surface area (Å²) in [4.78, 5) is 25.3. The second kappa shape index (κ2) is 5.82. The van der Waals surface area contributed by atoms with Gasteiger partial charge in [0.2, 0.25) is 5.91 Å². The van der Waals surface area contributed by atoms with Crippen LogP contribution in [0.3, 0.4) is 0 Å². The Morgan fingerprint density at radius 3 is 2.76 bits per heavy atom. The zero-order valence-electron chi connectivity index (χ0n) is 11.8. The summed E-state index contributed by atoms with van der Waals surface area (Å²) in [7, 11) is 1.34. The monoisotopic (exact) mass is 308 g/mol. The highest BCUT2D eigenvalue weighted by Gasteiger charge is 2.55. The lowest BCUT2D eigenvalue weighted by Gasteiger charge is -2.25. The minimum absolute atomic E-state index is 0.120. The van der Waals surface area contributed by atoms with Gasteiger partial charge in [-0.1, -0.05) is 6.42 Å². The number of nitrogens with zero attached hydrogens (tertiary/aromatic N) is 1. The van der Waals surface area contributed by atoms with Gasteiger partial charge in [0.25, 0.3) is 0 Å². The summed E-state index contributed by atoms with van der Waals surface area (Å²) in [6.45, 7) is -0.519. The van der Waals surface area contributed by atoms with Gasteiger partial charge in [0, 0.05) is 13.1 Å². The molecule has 2 aliphatic rings. The van der Waals surface area contributed by atoms with Crippen LogP contribution < -0.4 is 5.32 Å². The first kappa shape index (κ1) is 16.1. The number of alkyl halides is 3. The fraction of sp³-hybridized carbons (Fsp3) is 0.846. The van der Waals surface area contributed by atoms with E-state index in [-0.39, 0.29) is 18.4 Å². The average molecular weight is 308 g/mol. The van der Waals surface area contributed by atoms with E-state index < -0.39 is 24.0 Å². The molecule has 2 atom stereocenters. The van der Waals surface area contributed by atoms with Crippen molar-refractivity contribution in [2.45, 2.75) is 25.4 Å². The van der Waals surface area contributed by atoms with Gasteiger partial charge in [-0.25, -0.2) is 0 Å². The van der Waals surface area contributed by atoms with Crippen molar-refractivity contribution in [1.82, 2.24) is 10.2 Å². The molecular weight excluding hydrogens is 289 g/mol. The van der Waals surface area contributed by atoms with Crippen LogP contribution in [0.15, 0.2) is 0 Å². The number of esters is 1. The zero-order chi connectivity index (χ0) is 15.7. The van der Waals surface area contributed by atoms with Gasteiger partial charge in [-0.2, -0.15) is 13.2 Å². The van der Waals surface area contributed by atoms with Crippen molar-refractivity contribution < 1.29 is 27.5 Å². The van der Waals surface area contributed by atoms with Crippen molar-refractivity contribution in [1.29, 1.82) is 0 Å². The third-order valence-electron chi connectivity index (χ3n) is 4.39. The van der Waals surface area contributed by atoms with Gasteiger partial charge < -0.3 is 10.1 Å². The fourth-order valence-electron chi connectivity index (χ4n) is 3.51. The lowest BCUT2D eigenvalue weighted by atomic mass is 9.81. The number of likely N-dealkylation sites (tertiary alicyclic amines) is 1. The zero-order valence-corrected chi connectivity index (χ0v) is 11.8. The quantitative estimate of drug-likeness (QED) is 0.785. The molecule has 1 heterocycles. The Labute approximate surface area is 120 Å². The summed E-state index contributed by atoms with van der Waals surface area (Å²) in [5, 5.41) is 1.85. The van der Waals surface area contributed by atoms with Gasteiger partial charge in [0.1, 0.15) is 6.54 Å². The Hall–Kier alpha value is -1.31. The Morgan fingerprint density at radius 1 is 1.43 bits per heavy atom. The molecule has 120 valence electrons. The summed E-state index contributed by atoms with van der Waals surface area (Å²) in [6.07, 6.45) is -1.88. The van der Waals surface area contributed by atoms with Gasteiger partial charge in [-0.05, 0) is 18.8 Å². The van der Waals surface area contributed by atoms with Crippen molar-refractivity contribution >= 4 is 11.9 Å². The number of carbonyl (C=O) groups is 2. The molecule has 21 heavy (non-hydrogen) atoms. The van der Waals surface area contributed by atoms with Crippen LogP contribution in [0.4, 0.5) is 13.2 Å². The van der Waals surface area contributed by atoms with E-state index in [9.17, 15) is 22.8 Å². The molecule has 0 unspecified atom stereocenters. The molecule has 0 radical (unpaired) electrons. The molecule has 1 amide bonds. The summed E-state index contributed by atoms with van der Waals surface area (Å²) < 4.78 is 41.0. The molecule has 0 aromatic carbocycles. The van der Waals surface area contributed by atoms with Crippen molar-refractivity contribution in [2.24, 2.45) is 11.3 Å². The number of halogens is 3. The van der Waals surface area contributed by atoms with Crippen LogP contribution in [-0.2, 0) is 14.3 Å². The van der Waals surface area contributed by atoms with Gasteiger partial charge in [-0.15, -0.1) is 0 Å². The van der Waals surface area contributed by atoms with Crippen molar-refractivity contribution in [3.05, 3.63) is 0 Å². The molecule has 0 aromatic heterocycles. The molecule has 0 spiro atoms. The van der Waals surface area contributed by atoms with Crippen molar-refractivity contribution in [3.8, 4) is 0 Å². The van der Waals surface area contributed by atoms with E-state index in [1.54, 1.807) is 4.90 Å². The molecule has 0 aromatic rings. The first-order valence-electron chi connectivity index (χ1n) is 6.91. The third kappa shape index (κ3) is 3.48. The summed E-state index contributed by atoms with van der Waals surface area (Å²) in [5.41, 5.74) is -0.584. The number of amides is 1. The molecule has 1 aliphatic heterocycles. The molecule has 8 heteroatoms. The number of hydrogen-bond acceptors (Lipinski definition) is 4. The highest BCUT2D eigenvalue weighted by Crippen LogP contribution is 2.49. The average Bonchev–Trinajstić information content (AvgIpc) is 2.92. The number of rotatable bonds is 4. The van der Waals surface area contributed by atoms with E-state index >= 15 is 0 Å². The molecule has 1 aliphatic carbocycles. The number of fused-ring (bicyclic) bond motifs is 1. The van der Waals surface area contributed by atoms with E-state index in [0.717, 1.165) is 12.8 Å². The Balaban J connectivity index is 1.90. The molecular formula is C13H19F3N2O3. The minimum atomic E-state index is -4.41. The molecule has 0 bridgehead atoms. The van der Waals surface area contributed by atoms with Gasteiger partial charge in [-0.3, -0.25) is 14.5 Å². The summed E-state index contributed by atoms with van der Waals surface area (Å²) in [6, 6.07) is 0. The van der Waals surface area contributed by atoms with E-state index in [1.807, 2.05) is 5.32 Å². The first-order chi connectivity index (χ1) is 9.77. The second-order valence-electron chi connectivity index (χ2n) is 5.80. The molecule has 2 fully saturated rings. The van der Waals surface area contributed by atoms with Crippen LogP contribution in [-0.4, -0.2) is 56.2 Å². The highest BCUT2D eigenvalue weighted by molar-refractivity contribution is 5.80. The second-order valence-corrected chi connectivity index (χ2v) is 5.80. The number of hydrogen-bond donors (Lipinski definition) is 1. The lowest BCUT2D eigenvalue weighted by molar-refractivity contribution is -0.153. The van der Waals surface area contributed by atoms with Crippen LogP contribution in [0.1, 0.15) is 19.3 Å². The van der Waals surface area contributed by atoms with Crippen LogP contribution in [0.2, 0.25) is 0 Å². The largest absolute Gasteiger partial charge is 0.469 e. The molecule has 1 N–H and O–H groups in total. The molecule has 1 saturated heterocycles. The maximum atomic E-state index is 12.0. The maximum absolute atomic E-state index is 12.0. The number of methoxy groups -OCH3 is 1. The SMILES string of the molecule is COC(=O)[C@]12CCC[C@@H]1CN(CC(=O)NCC(F)(F)F)C2. The van der Waals surface area contributed by atoms with E-state index in [1.165, 1.54) is 7.11 Å². The van der Waals surface area contributed by atoms with Crippen LogP contribution in [0.25, 0.3) is 0 Å². The van der Waals surface area contributed by atoms with E-state index in [0.29, 0.717) is 19.5 Å². The normalized spacial score (nSPS) is 29.2. The summed E-state index contributed by atoms with van der Waals surface area (Å²) >= 11 is 0. The number of nitrogens with one attached hydrogen (secondary N) is 1. The van der Waals surface area contributed by atoms with Crippen LogP contribution >= 0.6 is 0 Å². The Kier molecular flexibility index (Phi) is 4.46. The Morgan fingerprint density at radius 2 is 2.14 bits per heavy atom. The van der Waals surface area contributed by atoms with Crippen LogP contribution in [0.5, 0.6) is 0 Å². The number of carbonyl (C=O) groups excluding carboxylic acids is 2. The third-order valence-corrected chi connectivity index (χ3v) is 4.39. The Bertz CT molecular complexity index is 427. The highest BCUT2D eigenvalue weighted by atomic mass is 19.4. The topological polar surface area (TPSA) is 58.6 Å². The smallest absolute Gasteiger partial charge is 0.405 e.